The van der Waals surface area contributed by atoms with Crippen LogP contribution in [0.1, 0.15) is 11.5 Å². The molecule has 0 unspecified atom stereocenters. The third-order valence-electron chi connectivity index (χ3n) is 2.85. The Morgan fingerprint density at radius 2 is 1.95 bits per heavy atom. The highest BCUT2D eigenvalue weighted by Gasteiger charge is 2.06. The van der Waals surface area contributed by atoms with E-state index in [1.165, 1.54) is 0 Å². The monoisotopic (exact) mass is 285 g/mol. The lowest BCUT2D eigenvalue weighted by atomic mass is 10.2. The van der Waals surface area contributed by atoms with Gasteiger partial charge in [0.05, 0.1) is 17.8 Å². The lowest BCUT2D eigenvalue weighted by molar-refractivity contribution is 0.950. The largest absolute Gasteiger partial charge is 0.364 e. The lowest BCUT2D eigenvalue weighted by Crippen LogP contribution is -2.05. The molecule has 6 heteroatoms. The highest BCUT2D eigenvalue weighted by atomic mass is 35.5. The number of fused-ring (bicyclic) bond motifs is 1. The van der Waals surface area contributed by atoms with Crippen molar-refractivity contribution >= 4 is 28.3 Å². The van der Waals surface area contributed by atoms with E-state index < -0.39 is 0 Å². The first kappa shape index (κ1) is 12.7. The van der Waals surface area contributed by atoms with Gasteiger partial charge < -0.3 is 5.32 Å². The number of nitrogens with one attached hydrogen (secondary N) is 1. The summed E-state index contributed by atoms with van der Waals surface area (Å²) in [5.74, 6) is 1.45. The zero-order chi connectivity index (χ0) is 13.9. The van der Waals surface area contributed by atoms with Gasteiger partial charge in [-0.15, -0.1) is 0 Å². The number of rotatable bonds is 3. The van der Waals surface area contributed by atoms with Gasteiger partial charge in [-0.05, 0) is 36.7 Å². The van der Waals surface area contributed by atoms with Gasteiger partial charge in [0.25, 0.3) is 0 Å². The van der Waals surface area contributed by atoms with E-state index in [1.54, 1.807) is 6.20 Å². The molecule has 0 saturated heterocycles. The second-order valence-electron chi connectivity index (χ2n) is 4.31. The van der Waals surface area contributed by atoms with E-state index in [0.717, 1.165) is 22.4 Å². The summed E-state index contributed by atoms with van der Waals surface area (Å²) in [6.45, 7) is 2.42. The number of para-hydroxylation sites is 1. The Kier molecular flexibility index (Phi) is 3.43. The van der Waals surface area contributed by atoms with Gasteiger partial charge in [-0.25, -0.2) is 19.9 Å². The number of nitrogens with zero attached hydrogens (tertiary/aromatic N) is 4. The molecule has 0 saturated carbocycles. The average molecular weight is 286 g/mol. The molecule has 0 amide bonds. The Hall–Kier alpha value is -2.27. The van der Waals surface area contributed by atoms with Crippen LogP contribution in [-0.4, -0.2) is 19.9 Å². The second-order valence-corrected chi connectivity index (χ2v) is 4.65. The van der Waals surface area contributed by atoms with Gasteiger partial charge >= 0.3 is 0 Å². The molecule has 100 valence electrons. The number of aromatic nitrogens is 4. The van der Waals surface area contributed by atoms with Crippen molar-refractivity contribution in [2.75, 3.05) is 5.32 Å². The van der Waals surface area contributed by atoms with Gasteiger partial charge in [-0.3, -0.25) is 0 Å². The summed E-state index contributed by atoms with van der Waals surface area (Å²) in [4.78, 5) is 16.8. The minimum atomic E-state index is 0.227. The van der Waals surface area contributed by atoms with Crippen molar-refractivity contribution in [3.8, 4) is 0 Å². The Labute approximate surface area is 121 Å². The fraction of sp³-hybridized carbons (Fsp3) is 0.143. The van der Waals surface area contributed by atoms with Gasteiger partial charge in [-0.1, -0.05) is 12.1 Å². The molecular formula is C14H12ClN5. The SMILES string of the molecule is Cc1nccc(CNc2nc(Cl)nc3ccccc23)n1. The van der Waals surface area contributed by atoms with E-state index >= 15 is 0 Å². The second kappa shape index (κ2) is 5.38. The van der Waals surface area contributed by atoms with Crippen LogP contribution in [0.2, 0.25) is 5.28 Å². The van der Waals surface area contributed by atoms with Gasteiger partial charge in [0.2, 0.25) is 5.28 Å². The Morgan fingerprint density at radius 1 is 1.10 bits per heavy atom. The summed E-state index contributed by atoms with van der Waals surface area (Å²) < 4.78 is 0. The van der Waals surface area contributed by atoms with E-state index in [1.807, 2.05) is 37.3 Å². The van der Waals surface area contributed by atoms with Crippen molar-refractivity contribution in [1.82, 2.24) is 19.9 Å². The normalized spacial score (nSPS) is 10.7. The molecule has 20 heavy (non-hydrogen) atoms. The van der Waals surface area contributed by atoms with Crippen molar-refractivity contribution in [3.63, 3.8) is 0 Å². The maximum Gasteiger partial charge on any atom is 0.224 e. The van der Waals surface area contributed by atoms with Crippen LogP contribution in [0.5, 0.6) is 0 Å². The summed E-state index contributed by atoms with van der Waals surface area (Å²) in [6.07, 6.45) is 1.74. The van der Waals surface area contributed by atoms with Crippen LogP contribution in [0.25, 0.3) is 10.9 Å². The number of anilines is 1. The Bertz CT molecular complexity index is 759. The van der Waals surface area contributed by atoms with Gasteiger partial charge in [0.1, 0.15) is 11.6 Å². The van der Waals surface area contributed by atoms with E-state index in [-0.39, 0.29) is 5.28 Å². The molecule has 3 rings (SSSR count). The van der Waals surface area contributed by atoms with Crippen LogP contribution in [-0.2, 0) is 6.54 Å². The quantitative estimate of drug-likeness (QED) is 0.750. The molecule has 2 heterocycles. The highest BCUT2D eigenvalue weighted by molar-refractivity contribution is 6.28. The van der Waals surface area contributed by atoms with Gasteiger partial charge in [0.15, 0.2) is 0 Å². The van der Waals surface area contributed by atoms with Crippen molar-refractivity contribution in [2.24, 2.45) is 0 Å². The molecule has 0 atom stereocenters. The third-order valence-corrected chi connectivity index (χ3v) is 3.02. The van der Waals surface area contributed by atoms with Crippen LogP contribution in [0.4, 0.5) is 5.82 Å². The van der Waals surface area contributed by atoms with Crippen LogP contribution in [0.3, 0.4) is 0 Å². The Morgan fingerprint density at radius 3 is 2.80 bits per heavy atom. The van der Waals surface area contributed by atoms with E-state index in [2.05, 4.69) is 25.3 Å². The number of hydrogen-bond acceptors (Lipinski definition) is 5. The number of aryl methyl sites for hydroxylation is 1. The minimum Gasteiger partial charge on any atom is -0.364 e. The smallest absolute Gasteiger partial charge is 0.224 e. The molecular weight excluding hydrogens is 274 g/mol. The standard InChI is InChI=1S/C14H12ClN5/c1-9-16-7-6-10(18-9)8-17-13-11-4-2-3-5-12(11)19-14(15)20-13/h2-7H,8H2,1H3,(H,17,19,20). The molecule has 0 radical (unpaired) electrons. The maximum absolute atomic E-state index is 5.94. The van der Waals surface area contributed by atoms with Crippen molar-refractivity contribution in [3.05, 3.63) is 53.3 Å². The predicted molar refractivity (Wildman–Crippen MR) is 78.6 cm³/mol. The number of hydrogen-bond donors (Lipinski definition) is 1. The van der Waals surface area contributed by atoms with Gasteiger partial charge in [0, 0.05) is 11.6 Å². The molecule has 0 aliphatic carbocycles. The van der Waals surface area contributed by atoms with Crippen LogP contribution >= 0.6 is 11.6 Å². The van der Waals surface area contributed by atoms with E-state index in [9.17, 15) is 0 Å². The maximum atomic E-state index is 5.94. The molecule has 0 aliphatic heterocycles. The zero-order valence-corrected chi connectivity index (χ0v) is 11.6. The molecule has 1 N–H and O–H groups in total. The molecule has 1 aromatic carbocycles. The molecule has 3 aromatic rings. The van der Waals surface area contributed by atoms with Crippen LogP contribution in [0.15, 0.2) is 36.5 Å². The molecule has 2 aromatic heterocycles. The summed E-state index contributed by atoms with van der Waals surface area (Å²) in [7, 11) is 0. The summed E-state index contributed by atoms with van der Waals surface area (Å²) in [6, 6.07) is 9.59. The van der Waals surface area contributed by atoms with Crippen molar-refractivity contribution in [1.29, 1.82) is 0 Å². The predicted octanol–water partition coefficient (Wildman–Crippen LogP) is 2.99. The van der Waals surface area contributed by atoms with E-state index in [0.29, 0.717) is 12.4 Å². The molecule has 0 spiro atoms. The van der Waals surface area contributed by atoms with Gasteiger partial charge in [-0.2, -0.15) is 0 Å². The summed E-state index contributed by atoms with van der Waals surface area (Å²) in [5.41, 5.74) is 1.71. The summed E-state index contributed by atoms with van der Waals surface area (Å²) in [5, 5.41) is 4.41. The van der Waals surface area contributed by atoms with Crippen molar-refractivity contribution < 1.29 is 0 Å². The van der Waals surface area contributed by atoms with Crippen molar-refractivity contribution in [2.45, 2.75) is 13.5 Å². The third kappa shape index (κ3) is 2.67. The van der Waals surface area contributed by atoms with Crippen LogP contribution < -0.4 is 5.32 Å². The topological polar surface area (TPSA) is 63.6 Å². The Balaban J connectivity index is 1.91. The highest BCUT2D eigenvalue weighted by Crippen LogP contribution is 2.22. The molecule has 5 nitrogen and oxygen atoms in total. The fourth-order valence-electron chi connectivity index (χ4n) is 1.96. The molecule has 0 bridgehead atoms. The summed E-state index contributed by atoms with van der Waals surface area (Å²) >= 11 is 5.94. The molecule has 0 aliphatic rings. The first-order valence-corrected chi connectivity index (χ1v) is 6.55. The average Bonchev–Trinajstić information content (AvgIpc) is 2.44. The number of benzene rings is 1. The first-order chi connectivity index (χ1) is 9.72. The van der Waals surface area contributed by atoms with Crippen LogP contribution in [0, 0.1) is 6.92 Å². The molecule has 0 fully saturated rings. The fourth-order valence-corrected chi connectivity index (χ4v) is 2.14. The minimum absolute atomic E-state index is 0.227. The zero-order valence-electron chi connectivity index (χ0n) is 10.8. The first-order valence-electron chi connectivity index (χ1n) is 6.17. The lowest BCUT2D eigenvalue weighted by Gasteiger charge is -2.08. The number of halogens is 1. The van der Waals surface area contributed by atoms with E-state index in [4.69, 9.17) is 11.6 Å².